The third-order valence-electron chi connectivity index (χ3n) is 2.94. The van der Waals surface area contributed by atoms with Gasteiger partial charge < -0.3 is 14.7 Å². The summed E-state index contributed by atoms with van der Waals surface area (Å²) in [6.45, 7) is 5.17. The van der Waals surface area contributed by atoms with E-state index in [0.29, 0.717) is 26.0 Å². The Morgan fingerprint density at radius 1 is 1.47 bits per heavy atom. The van der Waals surface area contributed by atoms with Crippen molar-refractivity contribution in [2.75, 3.05) is 24.7 Å². The molecule has 0 aromatic heterocycles. The quantitative estimate of drug-likeness (QED) is 0.721. The van der Waals surface area contributed by atoms with Crippen LogP contribution in [-0.4, -0.2) is 58.7 Å². The van der Waals surface area contributed by atoms with Crippen molar-refractivity contribution in [2.45, 2.75) is 45.3 Å². The molecule has 0 spiro atoms. The highest BCUT2D eigenvalue weighted by Crippen LogP contribution is 2.20. The Morgan fingerprint density at radius 3 is 2.84 bits per heavy atom. The van der Waals surface area contributed by atoms with Crippen LogP contribution in [-0.2, 0) is 14.3 Å². The zero-order valence-corrected chi connectivity index (χ0v) is 12.4. The zero-order chi connectivity index (χ0) is 14.3. The first-order valence-corrected chi connectivity index (χ1v) is 7.86. The summed E-state index contributed by atoms with van der Waals surface area (Å²) in [5.74, 6) is 0.831. The van der Waals surface area contributed by atoms with E-state index in [2.05, 4.69) is 0 Å². The van der Waals surface area contributed by atoms with E-state index in [1.54, 1.807) is 16.7 Å². The number of rotatable bonds is 7. The summed E-state index contributed by atoms with van der Waals surface area (Å²) in [6.07, 6.45) is 1.36. The van der Waals surface area contributed by atoms with Crippen molar-refractivity contribution in [2.24, 2.45) is 0 Å². The molecule has 110 valence electrons. The number of carbonyl (C=O) groups is 2. The third-order valence-corrected chi connectivity index (χ3v) is 4.04. The van der Waals surface area contributed by atoms with Crippen LogP contribution in [0.4, 0.5) is 0 Å². The predicted octanol–water partition coefficient (Wildman–Crippen LogP) is 1.61. The lowest BCUT2D eigenvalue weighted by Gasteiger charge is -2.34. The zero-order valence-electron chi connectivity index (χ0n) is 11.6. The van der Waals surface area contributed by atoms with Crippen LogP contribution in [0, 0.1) is 0 Å². The molecule has 1 amide bonds. The fourth-order valence-corrected chi connectivity index (χ4v) is 3.10. The Kier molecular flexibility index (Phi) is 7.23. The first kappa shape index (κ1) is 16.3. The predicted molar refractivity (Wildman–Crippen MR) is 75.4 cm³/mol. The molecule has 19 heavy (non-hydrogen) atoms. The number of carboxylic acids is 1. The maximum absolute atomic E-state index is 12.1. The molecule has 1 fully saturated rings. The lowest BCUT2D eigenvalue weighted by atomic mass is 10.1. The molecule has 1 aliphatic rings. The molecule has 0 radical (unpaired) electrons. The highest BCUT2D eigenvalue weighted by Gasteiger charge is 2.28. The van der Waals surface area contributed by atoms with Gasteiger partial charge in [0.05, 0.1) is 18.6 Å². The second-order valence-electron chi connectivity index (χ2n) is 4.94. The van der Waals surface area contributed by atoms with E-state index in [9.17, 15) is 9.59 Å². The summed E-state index contributed by atoms with van der Waals surface area (Å²) in [6, 6.07) is -0.158. The summed E-state index contributed by atoms with van der Waals surface area (Å²) in [5.41, 5.74) is 0. The minimum atomic E-state index is -0.839. The summed E-state index contributed by atoms with van der Waals surface area (Å²) in [4.78, 5) is 24.6. The highest BCUT2D eigenvalue weighted by molar-refractivity contribution is 7.99. The molecule has 1 heterocycles. The van der Waals surface area contributed by atoms with Crippen LogP contribution in [0.1, 0.15) is 33.1 Å². The standard InChI is InChI=1S/C13H23NO4S/c1-10(2)18-6-3-4-12(15)14-5-7-19-9-11(14)8-13(16)17/h10-11H,3-9H2,1-2H3,(H,16,17). The maximum Gasteiger partial charge on any atom is 0.305 e. The van der Waals surface area contributed by atoms with Gasteiger partial charge in [-0.3, -0.25) is 9.59 Å². The molecule has 0 aromatic rings. The Hall–Kier alpha value is -0.750. The molecular formula is C13H23NO4S. The second-order valence-corrected chi connectivity index (χ2v) is 6.09. The van der Waals surface area contributed by atoms with E-state index in [0.717, 1.165) is 11.5 Å². The molecule has 1 N–H and O–H groups in total. The molecule has 1 unspecified atom stereocenters. The number of ether oxygens (including phenoxy) is 1. The van der Waals surface area contributed by atoms with Gasteiger partial charge in [-0.15, -0.1) is 0 Å². The summed E-state index contributed by atoms with van der Waals surface area (Å²) < 4.78 is 5.40. The molecule has 0 aliphatic carbocycles. The first-order valence-electron chi connectivity index (χ1n) is 6.71. The van der Waals surface area contributed by atoms with Crippen molar-refractivity contribution >= 4 is 23.6 Å². The van der Waals surface area contributed by atoms with Gasteiger partial charge in [-0.25, -0.2) is 0 Å². The summed E-state index contributed by atoms with van der Waals surface area (Å²) in [7, 11) is 0. The van der Waals surface area contributed by atoms with Crippen LogP contribution in [0.5, 0.6) is 0 Å². The van der Waals surface area contributed by atoms with Crippen LogP contribution in [0.15, 0.2) is 0 Å². The van der Waals surface area contributed by atoms with Gasteiger partial charge in [0.15, 0.2) is 0 Å². The van der Waals surface area contributed by atoms with Crippen molar-refractivity contribution in [3.05, 3.63) is 0 Å². The number of hydrogen-bond acceptors (Lipinski definition) is 4. The van der Waals surface area contributed by atoms with Crippen LogP contribution in [0.2, 0.25) is 0 Å². The van der Waals surface area contributed by atoms with Gasteiger partial charge in [-0.2, -0.15) is 11.8 Å². The van der Waals surface area contributed by atoms with E-state index in [-0.39, 0.29) is 24.5 Å². The molecule has 1 rings (SSSR count). The number of carbonyl (C=O) groups excluding carboxylic acids is 1. The Morgan fingerprint density at radius 2 is 2.21 bits per heavy atom. The van der Waals surface area contributed by atoms with Crippen molar-refractivity contribution in [3.8, 4) is 0 Å². The maximum atomic E-state index is 12.1. The fraction of sp³-hybridized carbons (Fsp3) is 0.846. The van der Waals surface area contributed by atoms with Crippen LogP contribution in [0.3, 0.4) is 0 Å². The molecule has 5 nitrogen and oxygen atoms in total. The van der Waals surface area contributed by atoms with Gasteiger partial charge in [0, 0.05) is 31.1 Å². The van der Waals surface area contributed by atoms with Crippen LogP contribution in [0.25, 0.3) is 0 Å². The van der Waals surface area contributed by atoms with Gasteiger partial charge in [-0.1, -0.05) is 0 Å². The smallest absolute Gasteiger partial charge is 0.305 e. The molecule has 0 aromatic carbocycles. The number of carboxylic acid groups (broad SMARTS) is 1. The van der Waals surface area contributed by atoms with E-state index in [1.807, 2.05) is 13.8 Å². The average Bonchev–Trinajstić information content (AvgIpc) is 2.34. The molecular weight excluding hydrogens is 266 g/mol. The topological polar surface area (TPSA) is 66.8 Å². The van der Waals surface area contributed by atoms with Gasteiger partial charge in [-0.05, 0) is 20.3 Å². The lowest BCUT2D eigenvalue weighted by Crippen LogP contribution is -2.47. The van der Waals surface area contributed by atoms with E-state index in [4.69, 9.17) is 9.84 Å². The minimum absolute atomic E-state index is 0.0429. The molecule has 1 aliphatic heterocycles. The Balaban J connectivity index is 2.37. The van der Waals surface area contributed by atoms with E-state index >= 15 is 0 Å². The number of nitrogens with zero attached hydrogens (tertiary/aromatic N) is 1. The first-order chi connectivity index (χ1) is 9.00. The number of hydrogen-bond donors (Lipinski definition) is 1. The number of thioether (sulfide) groups is 1. The van der Waals surface area contributed by atoms with Gasteiger partial charge >= 0.3 is 5.97 Å². The molecule has 1 saturated heterocycles. The summed E-state index contributed by atoms with van der Waals surface area (Å²) >= 11 is 1.72. The minimum Gasteiger partial charge on any atom is -0.481 e. The van der Waals surface area contributed by atoms with Crippen molar-refractivity contribution in [3.63, 3.8) is 0 Å². The van der Waals surface area contributed by atoms with Crippen molar-refractivity contribution in [1.29, 1.82) is 0 Å². The lowest BCUT2D eigenvalue weighted by molar-refractivity contribution is -0.140. The number of aliphatic carboxylic acids is 1. The van der Waals surface area contributed by atoms with E-state index < -0.39 is 5.97 Å². The van der Waals surface area contributed by atoms with Crippen LogP contribution >= 0.6 is 11.8 Å². The number of amides is 1. The molecule has 0 saturated carbocycles. The summed E-state index contributed by atoms with van der Waals surface area (Å²) in [5, 5.41) is 8.87. The van der Waals surface area contributed by atoms with Crippen molar-refractivity contribution < 1.29 is 19.4 Å². The monoisotopic (exact) mass is 289 g/mol. The SMILES string of the molecule is CC(C)OCCCC(=O)N1CCSCC1CC(=O)O. The Labute approximate surface area is 118 Å². The van der Waals surface area contributed by atoms with Gasteiger partial charge in [0.25, 0.3) is 0 Å². The normalized spacial score (nSPS) is 19.7. The van der Waals surface area contributed by atoms with Gasteiger partial charge in [0.2, 0.25) is 5.91 Å². The van der Waals surface area contributed by atoms with Crippen molar-refractivity contribution in [1.82, 2.24) is 4.90 Å². The highest BCUT2D eigenvalue weighted by atomic mass is 32.2. The second kappa shape index (κ2) is 8.43. The van der Waals surface area contributed by atoms with Gasteiger partial charge in [0.1, 0.15) is 0 Å². The molecule has 6 heteroatoms. The van der Waals surface area contributed by atoms with Crippen LogP contribution < -0.4 is 0 Å². The molecule has 0 bridgehead atoms. The fourth-order valence-electron chi connectivity index (χ4n) is 2.04. The largest absolute Gasteiger partial charge is 0.481 e. The molecule has 1 atom stereocenters. The van der Waals surface area contributed by atoms with E-state index in [1.165, 1.54) is 0 Å². The Bertz CT molecular complexity index is 309. The third kappa shape index (κ3) is 6.29. The average molecular weight is 289 g/mol.